The minimum Gasteiger partial charge on any atom is -0.346 e. The number of benzene rings is 1. The highest BCUT2D eigenvalue weighted by Crippen LogP contribution is 2.20. The summed E-state index contributed by atoms with van der Waals surface area (Å²) in [5.74, 6) is 0. The fourth-order valence-electron chi connectivity index (χ4n) is 1.78. The van der Waals surface area contributed by atoms with Gasteiger partial charge in [-0.3, -0.25) is 4.79 Å². The number of hydrogen-bond acceptors (Lipinski definition) is 2. The van der Waals surface area contributed by atoms with Crippen molar-refractivity contribution in [2.75, 3.05) is 6.54 Å². The second kappa shape index (κ2) is 4.68. The zero-order valence-corrected chi connectivity index (χ0v) is 9.57. The number of halogens is 1. The minimum atomic E-state index is 0.00139. The molecular formula is C12H13ClN2O. The lowest BCUT2D eigenvalue weighted by atomic mass is 10.2. The van der Waals surface area contributed by atoms with E-state index in [1.54, 1.807) is 30.5 Å². The molecule has 0 saturated carbocycles. The Balaban J connectivity index is 2.66. The smallest absolute Gasteiger partial charge is 0.189 e. The molecule has 2 aromatic rings. The van der Waals surface area contributed by atoms with Gasteiger partial charge in [0, 0.05) is 24.2 Å². The Hall–Kier alpha value is -1.32. The number of para-hydroxylation sites is 1. The van der Waals surface area contributed by atoms with Crippen molar-refractivity contribution in [1.82, 2.24) is 4.57 Å². The van der Waals surface area contributed by atoms with Gasteiger partial charge in [-0.1, -0.05) is 17.7 Å². The Morgan fingerprint density at radius 1 is 1.31 bits per heavy atom. The molecule has 0 fully saturated rings. The van der Waals surface area contributed by atoms with Gasteiger partial charge in [0.1, 0.15) is 0 Å². The molecule has 1 aromatic carbocycles. The molecular weight excluding hydrogens is 224 g/mol. The quantitative estimate of drug-likeness (QED) is 0.886. The highest BCUT2D eigenvalue weighted by molar-refractivity contribution is 6.35. The molecule has 4 heteroatoms. The first-order valence-corrected chi connectivity index (χ1v) is 5.59. The van der Waals surface area contributed by atoms with Crippen molar-refractivity contribution in [3.05, 3.63) is 45.7 Å². The molecule has 84 valence electrons. The summed E-state index contributed by atoms with van der Waals surface area (Å²) >= 11 is 6.12. The Bertz CT molecular complexity index is 562. The van der Waals surface area contributed by atoms with Crippen molar-refractivity contribution >= 4 is 22.5 Å². The molecule has 0 unspecified atom stereocenters. The average molecular weight is 237 g/mol. The molecule has 0 radical (unpaired) electrons. The van der Waals surface area contributed by atoms with Crippen LogP contribution in [0.25, 0.3) is 10.9 Å². The molecule has 0 aliphatic heterocycles. The van der Waals surface area contributed by atoms with E-state index in [1.165, 1.54) is 0 Å². The Morgan fingerprint density at radius 2 is 2.12 bits per heavy atom. The lowest BCUT2D eigenvalue weighted by Crippen LogP contribution is -2.11. The molecule has 0 bridgehead atoms. The monoisotopic (exact) mass is 236 g/mol. The summed E-state index contributed by atoms with van der Waals surface area (Å²) in [7, 11) is 0. The van der Waals surface area contributed by atoms with Crippen LogP contribution in [0.3, 0.4) is 0 Å². The van der Waals surface area contributed by atoms with Crippen LogP contribution in [0, 0.1) is 0 Å². The third-order valence-electron chi connectivity index (χ3n) is 2.55. The van der Waals surface area contributed by atoms with E-state index in [1.807, 2.05) is 4.57 Å². The minimum absolute atomic E-state index is 0.00139. The summed E-state index contributed by atoms with van der Waals surface area (Å²) in [5.41, 5.74) is 6.28. The fraction of sp³-hybridized carbons (Fsp3) is 0.250. The van der Waals surface area contributed by atoms with Crippen LogP contribution in [0.1, 0.15) is 6.42 Å². The van der Waals surface area contributed by atoms with Gasteiger partial charge < -0.3 is 10.3 Å². The molecule has 16 heavy (non-hydrogen) atoms. The van der Waals surface area contributed by atoms with Crippen LogP contribution in [-0.4, -0.2) is 11.1 Å². The number of aromatic nitrogens is 1. The maximum Gasteiger partial charge on any atom is 0.189 e. The summed E-state index contributed by atoms with van der Waals surface area (Å²) in [6.45, 7) is 1.40. The van der Waals surface area contributed by atoms with E-state index < -0.39 is 0 Å². The van der Waals surface area contributed by atoms with Crippen molar-refractivity contribution in [1.29, 1.82) is 0 Å². The number of nitrogens with two attached hydrogens (primary N) is 1. The van der Waals surface area contributed by atoms with E-state index in [0.717, 1.165) is 18.5 Å². The molecule has 3 nitrogen and oxygen atoms in total. The second-order valence-electron chi connectivity index (χ2n) is 3.65. The van der Waals surface area contributed by atoms with E-state index in [4.69, 9.17) is 17.3 Å². The zero-order valence-electron chi connectivity index (χ0n) is 8.82. The first-order valence-electron chi connectivity index (χ1n) is 5.22. The van der Waals surface area contributed by atoms with E-state index >= 15 is 0 Å². The van der Waals surface area contributed by atoms with Crippen LogP contribution in [0.4, 0.5) is 0 Å². The van der Waals surface area contributed by atoms with E-state index in [2.05, 4.69) is 0 Å². The molecule has 2 N–H and O–H groups in total. The molecule has 0 aliphatic carbocycles. The second-order valence-corrected chi connectivity index (χ2v) is 4.06. The fourth-order valence-corrected chi connectivity index (χ4v) is 2.06. The molecule has 0 atom stereocenters. The van der Waals surface area contributed by atoms with Gasteiger partial charge in [0.05, 0.1) is 10.5 Å². The van der Waals surface area contributed by atoms with Crippen LogP contribution in [-0.2, 0) is 6.54 Å². The summed E-state index contributed by atoms with van der Waals surface area (Å²) in [4.78, 5) is 11.7. The zero-order chi connectivity index (χ0) is 11.5. The summed E-state index contributed by atoms with van der Waals surface area (Å²) in [6.07, 6.45) is 2.63. The summed E-state index contributed by atoms with van der Waals surface area (Å²) < 4.78 is 1.98. The highest BCUT2D eigenvalue weighted by Gasteiger charge is 2.05. The number of rotatable bonds is 3. The molecule has 0 saturated heterocycles. The third kappa shape index (κ3) is 1.96. The van der Waals surface area contributed by atoms with Crippen molar-refractivity contribution in [2.24, 2.45) is 5.73 Å². The predicted octanol–water partition coefficient (Wildman–Crippen LogP) is 2.00. The number of pyridine rings is 1. The SMILES string of the molecule is NCCCn1ccc(=O)c2cccc(Cl)c21. The number of fused-ring (bicyclic) bond motifs is 1. The third-order valence-corrected chi connectivity index (χ3v) is 2.85. The van der Waals surface area contributed by atoms with Crippen LogP contribution in [0.15, 0.2) is 35.3 Å². The van der Waals surface area contributed by atoms with Crippen LogP contribution in [0.2, 0.25) is 5.02 Å². The normalized spacial score (nSPS) is 10.9. The lowest BCUT2D eigenvalue weighted by Gasteiger charge is -2.10. The largest absolute Gasteiger partial charge is 0.346 e. The summed E-state index contributed by atoms with van der Waals surface area (Å²) in [5, 5.41) is 1.26. The first-order chi connectivity index (χ1) is 7.74. The van der Waals surface area contributed by atoms with Crippen LogP contribution >= 0.6 is 11.6 Å². The highest BCUT2D eigenvalue weighted by atomic mass is 35.5. The van der Waals surface area contributed by atoms with Gasteiger partial charge in [0.25, 0.3) is 0 Å². The Morgan fingerprint density at radius 3 is 2.88 bits per heavy atom. The van der Waals surface area contributed by atoms with E-state index in [9.17, 15) is 4.79 Å². The molecule has 1 aromatic heterocycles. The maximum absolute atomic E-state index is 11.7. The number of nitrogens with zero attached hydrogens (tertiary/aromatic N) is 1. The van der Waals surface area contributed by atoms with Crippen molar-refractivity contribution in [3.63, 3.8) is 0 Å². The topological polar surface area (TPSA) is 48.0 Å². The van der Waals surface area contributed by atoms with Gasteiger partial charge in [-0.25, -0.2) is 0 Å². The van der Waals surface area contributed by atoms with Gasteiger partial charge >= 0.3 is 0 Å². The van der Waals surface area contributed by atoms with E-state index in [-0.39, 0.29) is 5.43 Å². The standard InChI is InChI=1S/C12H13ClN2O/c13-10-4-1-3-9-11(16)5-8-15(12(9)10)7-2-6-14/h1,3-5,8H,2,6-7,14H2. The molecule has 1 heterocycles. The maximum atomic E-state index is 11.7. The van der Waals surface area contributed by atoms with Crippen molar-refractivity contribution < 1.29 is 0 Å². The molecule has 2 rings (SSSR count). The lowest BCUT2D eigenvalue weighted by molar-refractivity contribution is 0.666. The van der Waals surface area contributed by atoms with Crippen molar-refractivity contribution in [3.8, 4) is 0 Å². The summed E-state index contributed by atoms with van der Waals surface area (Å²) in [6, 6.07) is 6.94. The predicted molar refractivity (Wildman–Crippen MR) is 66.9 cm³/mol. The number of aryl methyl sites for hydroxylation is 1. The van der Waals surface area contributed by atoms with Crippen LogP contribution < -0.4 is 11.2 Å². The van der Waals surface area contributed by atoms with Gasteiger partial charge in [-0.15, -0.1) is 0 Å². The van der Waals surface area contributed by atoms with E-state index in [0.29, 0.717) is 17.0 Å². The Kier molecular flexibility index (Phi) is 3.27. The van der Waals surface area contributed by atoms with Gasteiger partial charge in [-0.2, -0.15) is 0 Å². The van der Waals surface area contributed by atoms with Gasteiger partial charge in [-0.05, 0) is 25.1 Å². The Labute approximate surface area is 98.4 Å². The van der Waals surface area contributed by atoms with Crippen molar-refractivity contribution in [2.45, 2.75) is 13.0 Å². The molecule has 0 spiro atoms. The molecule has 0 aliphatic rings. The average Bonchev–Trinajstić information content (AvgIpc) is 2.29. The van der Waals surface area contributed by atoms with Crippen LogP contribution in [0.5, 0.6) is 0 Å². The number of hydrogen-bond donors (Lipinski definition) is 1. The molecule has 0 amide bonds. The van der Waals surface area contributed by atoms with Gasteiger partial charge in [0.2, 0.25) is 0 Å². The first kappa shape index (κ1) is 11.2. The van der Waals surface area contributed by atoms with Gasteiger partial charge in [0.15, 0.2) is 5.43 Å².